The standard InChI is InChI=1S/C57H69N11O9S/c1-33(2)53(57(72)67-31-40(69)23-47(67)56(71)60-28-36-10-9-35(21-49(36)73-4)54-34(3)61-32-78-54)50-27-52(64-77-50)74-20-19-65-17-14-41(15-18-65)75-42-24-43(25-42)76-51-22-37(13-16-59-51)68-38-11-12-39(68)30-66(29-38)46-26-45(62-63-55(46)58)44-7-5-6-8-48(44)70/h5-10,13,16,21-22,26-27,32-33,38-43,47,53,69-70H,11-12,14-15,17-20,23-25,28-31H2,1-4H3,(H2,58,63)(H,60,71)/t38?,39?,40-,42?,43?,47+,53+/m1/s1. The first kappa shape index (κ1) is 53.0. The number of nitrogens with zero attached hydrogens (tertiary/aromatic N) is 9. The number of phenolic OH excluding ortho intramolecular Hbond substituents is 1. The number of rotatable bonds is 19. The number of piperazine rings is 1. The number of methoxy groups -OCH3 is 1. The maximum absolute atomic E-state index is 14.2. The van der Waals surface area contributed by atoms with Crippen molar-refractivity contribution in [3.05, 3.63) is 95.5 Å². The van der Waals surface area contributed by atoms with Gasteiger partial charge in [0.25, 0.3) is 5.88 Å². The van der Waals surface area contributed by atoms with Crippen LogP contribution in [0.25, 0.3) is 21.7 Å². The molecule has 1 aliphatic carbocycles. The van der Waals surface area contributed by atoms with E-state index in [0.717, 1.165) is 97.8 Å². The Labute approximate surface area is 457 Å². The van der Waals surface area contributed by atoms with Gasteiger partial charge in [0.1, 0.15) is 36.2 Å². The van der Waals surface area contributed by atoms with Crippen LogP contribution in [0.2, 0.25) is 0 Å². The molecule has 4 aromatic heterocycles. The molecule has 5 atom stereocenters. The maximum atomic E-state index is 14.2. The number of likely N-dealkylation sites (tertiary alicyclic amines) is 2. The van der Waals surface area contributed by atoms with E-state index in [1.165, 1.54) is 4.90 Å². The summed E-state index contributed by atoms with van der Waals surface area (Å²) in [6.45, 7) is 10.5. The summed E-state index contributed by atoms with van der Waals surface area (Å²) in [5.74, 6) is 0.852. The molecular formula is C57H69N11O9S. The van der Waals surface area contributed by atoms with Crippen molar-refractivity contribution < 1.29 is 43.3 Å². The zero-order valence-electron chi connectivity index (χ0n) is 44.6. The number of β-amino-alcohol motifs (C(OH)–C–C–N with tert-alkyl or cyclic N) is 1. The second-order valence-electron chi connectivity index (χ2n) is 21.6. The summed E-state index contributed by atoms with van der Waals surface area (Å²) in [4.78, 5) is 46.6. The number of benzene rings is 2. The minimum absolute atomic E-state index is 0.0339. The molecule has 412 valence electrons. The molecule has 1 saturated carbocycles. The highest BCUT2D eigenvalue weighted by Gasteiger charge is 2.44. The van der Waals surface area contributed by atoms with E-state index < -0.39 is 18.1 Å². The van der Waals surface area contributed by atoms with Gasteiger partial charge in [0.2, 0.25) is 17.7 Å². The normalized spacial score (nSPS) is 22.9. The molecule has 0 radical (unpaired) electrons. The van der Waals surface area contributed by atoms with Crippen LogP contribution in [0.15, 0.2) is 83.0 Å². The highest BCUT2D eigenvalue weighted by atomic mass is 32.1. The first-order valence-electron chi connectivity index (χ1n) is 27.2. The van der Waals surface area contributed by atoms with Crippen LogP contribution in [0.1, 0.15) is 81.7 Å². The van der Waals surface area contributed by atoms with E-state index in [9.17, 15) is 19.8 Å². The third-order valence-corrected chi connectivity index (χ3v) is 17.1. The molecule has 0 spiro atoms. The lowest BCUT2D eigenvalue weighted by atomic mass is 9.91. The second-order valence-corrected chi connectivity index (χ2v) is 22.5. The molecule has 2 aromatic carbocycles. The molecule has 21 heteroatoms. The Morgan fingerprint density at radius 2 is 1.71 bits per heavy atom. The van der Waals surface area contributed by atoms with Crippen molar-refractivity contribution in [2.45, 2.75) is 121 Å². The third-order valence-electron chi connectivity index (χ3n) is 16.1. The number of aromatic hydroxyl groups is 1. The van der Waals surface area contributed by atoms with Crippen molar-refractivity contribution in [3.8, 4) is 45.0 Å². The number of para-hydroxylation sites is 1. The predicted octanol–water partition coefficient (Wildman–Crippen LogP) is 6.60. The van der Waals surface area contributed by atoms with Crippen LogP contribution in [0, 0.1) is 12.8 Å². The third kappa shape index (κ3) is 11.4. The lowest BCUT2D eigenvalue weighted by Gasteiger charge is -2.43. The second kappa shape index (κ2) is 23.1. The average Bonchev–Trinajstić information content (AvgIpc) is 4.36. The lowest BCUT2D eigenvalue weighted by molar-refractivity contribution is -0.141. The van der Waals surface area contributed by atoms with Gasteiger partial charge in [-0.15, -0.1) is 21.5 Å². The Hall–Kier alpha value is -7.07. The highest BCUT2D eigenvalue weighted by Crippen LogP contribution is 2.41. The van der Waals surface area contributed by atoms with E-state index >= 15 is 0 Å². The number of aliphatic hydroxyl groups excluding tert-OH is 1. The van der Waals surface area contributed by atoms with Crippen LogP contribution in [0.3, 0.4) is 0 Å². The Morgan fingerprint density at radius 1 is 0.910 bits per heavy atom. The summed E-state index contributed by atoms with van der Waals surface area (Å²) >= 11 is 1.55. The molecule has 4 aliphatic heterocycles. The molecule has 2 bridgehead atoms. The van der Waals surface area contributed by atoms with E-state index in [-0.39, 0.29) is 73.4 Å². The number of fused-ring (bicyclic) bond motifs is 2. The van der Waals surface area contributed by atoms with Crippen molar-refractivity contribution in [1.29, 1.82) is 0 Å². The number of carbonyl (C=O) groups is 2. The zero-order valence-corrected chi connectivity index (χ0v) is 45.4. The molecule has 2 unspecified atom stereocenters. The molecule has 5 fully saturated rings. The van der Waals surface area contributed by atoms with Gasteiger partial charge in [-0.3, -0.25) is 14.5 Å². The summed E-state index contributed by atoms with van der Waals surface area (Å²) in [6.07, 6.45) is 7.15. The van der Waals surface area contributed by atoms with E-state index in [0.29, 0.717) is 53.5 Å². The number of hydrogen-bond acceptors (Lipinski definition) is 19. The van der Waals surface area contributed by atoms with Gasteiger partial charge in [-0.1, -0.05) is 38.1 Å². The predicted molar refractivity (Wildman–Crippen MR) is 294 cm³/mol. The number of aliphatic hydroxyl groups is 1. The molecule has 20 nitrogen and oxygen atoms in total. The van der Waals surface area contributed by atoms with Crippen LogP contribution in [0.4, 0.5) is 17.2 Å². The van der Waals surface area contributed by atoms with E-state index in [2.05, 4.69) is 57.5 Å². The van der Waals surface area contributed by atoms with Crippen molar-refractivity contribution in [1.82, 2.24) is 40.4 Å². The molecule has 6 aromatic rings. The fourth-order valence-corrected chi connectivity index (χ4v) is 12.7. The van der Waals surface area contributed by atoms with Crippen molar-refractivity contribution in [2.75, 3.05) is 68.5 Å². The number of piperidine rings is 1. The zero-order chi connectivity index (χ0) is 54.0. The monoisotopic (exact) mass is 1080 g/mol. The number of nitrogen functional groups attached to an aromatic ring is 1. The van der Waals surface area contributed by atoms with E-state index in [4.69, 9.17) is 29.2 Å². The molecule has 5 N–H and O–H groups in total. The summed E-state index contributed by atoms with van der Waals surface area (Å²) in [5.41, 5.74) is 14.1. The number of nitrogens with two attached hydrogens (primary N) is 1. The molecular weight excluding hydrogens is 1010 g/mol. The summed E-state index contributed by atoms with van der Waals surface area (Å²) < 4.78 is 30.4. The lowest BCUT2D eigenvalue weighted by Crippen LogP contribution is -2.54. The quantitative estimate of drug-likeness (QED) is 0.0668. The van der Waals surface area contributed by atoms with Gasteiger partial charge < -0.3 is 59.4 Å². The van der Waals surface area contributed by atoms with Gasteiger partial charge in [0.05, 0.1) is 52.9 Å². The van der Waals surface area contributed by atoms with Gasteiger partial charge in [-0.25, -0.2) is 9.97 Å². The summed E-state index contributed by atoms with van der Waals surface area (Å²) in [7, 11) is 1.59. The van der Waals surface area contributed by atoms with Crippen molar-refractivity contribution in [2.24, 2.45) is 5.92 Å². The first-order valence-corrected chi connectivity index (χ1v) is 28.1. The number of ether oxygens (including phenoxy) is 4. The molecule has 5 aliphatic rings. The fraction of sp³-hybridized carbons (Fsp3) is 0.491. The number of carbonyl (C=O) groups excluding carboxylic acids is 2. The number of pyridine rings is 1. The Balaban J connectivity index is 0.602. The fourth-order valence-electron chi connectivity index (χ4n) is 11.9. The molecule has 4 saturated heterocycles. The number of amides is 2. The van der Waals surface area contributed by atoms with Gasteiger partial charge in [-0.05, 0) is 79.6 Å². The minimum Gasteiger partial charge on any atom is -0.507 e. The smallest absolute Gasteiger partial charge is 0.254 e. The van der Waals surface area contributed by atoms with Gasteiger partial charge in [0, 0.05) is 112 Å². The highest BCUT2D eigenvalue weighted by molar-refractivity contribution is 7.13. The van der Waals surface area contributed by atoms with Crippen LogP contribution in [-0.4, -0.2) is 153 Å². The molecule has 78 heavy (non-hydrogen) atoms. The van der Waals surface area contributed by atoms with E-state index in [1.807, 2.05) is 68.9 Å². The average molecular weight is 1080 g/mol. The number of aromatic nitrogens is 5. The number of hydrogen-bond donors (Lipinski definition) is 4. The van der Waals surface area contributed by atoms with E-state index in [1.54, 1.807) is 36.6 Å². The Morgan fingerprint density at radius 3 is 2.45 bits per heavy atom. The SMILES string of the molecule is COc1cc(-c2scnc2C)ccc1CNC(=O)[C@@H]1C[C@@H](O)CN1C(=O)[C@H](c1cc(OCCN2CCC(OC3CC(Oc4cc(N5C6CCC5CN(c5cc(-c7ccccc7O)nnc5N)C6)ccn4)C3)CC2)no1)C(C)C. The summed E-state index contributed by atoms with van der Waals surface area (Å²) in [6, 6.07) is 20.4. The Bertz CT molecular complexity index is 3060. The number of phenols is 1. The molecule has 2 amide bonds. The number of anilines is 3. The van der Waals surface area contributed by atoms with Crippen LogP contribution in [-0.2, 0) is 20.9 Å². The van der Waals surface area contributed by atoms with Crippen molar-refractivity contribution >= 4 is 40.3 Å². The number of aryl methyl sites for hydroxylation is 1. The molecule has 11 rings (SSSR count). The van der Waals surface area contributed by atoms with Crippen molar-refractivity contribution in [3.63, 3.8) is 0 Å². The minimum atomic E-state index is -0.859. The maximum Gasteiger partial charge on any atom is 0.254 e. The van der Waals surface area contributed by atoms with Gasteiger partial charge in [-0.2, -0.15) is 0 Å². The summed E-state index contributed by atoms with van der Waals surface area (Å²) in [5, 5.41) is 36.9. The number of nitrogens with one attached hydrogen (secondary N) is 1. The van der Waals surface area contributed by atoms with Crippen LogP contribution >= 0.6 is 11.3 Å². The molecule has 8 heterocycles. The Kier molecular flexibility index (Phi) is 15.7. The first-order chi connectivity index (χ1) is 37.8. The topological polar surface area (TPSA) is 240 Å². The van der Waals surface area contributed by atoms with Gasteiger partial charge >= 0.3 is 0 Å². The van der Waals surface area contributed by atoms with Gasteiger partial charge in [0.15, 0.2) is 11.6 Å². The van der Waals surface area contributed by atoms with Crippen LogP contribution < -0.4 is 35.1 Å². The van der Waals surface area contributed by atoms with Crippen LogP contribution in [0.5, 0.6) is 23.3 Å². The largest absolute Gasteiger partial charge is 0.507 e. The number of thiazole rings is 1.